The van der Waals surface area contributed by atoms with Crippen LogP contribution >= 0.6 is 0 Å². The standard InChI is InChI=1S/C9H11NO/c1-5-4-8(10)6(2)7(3)9(5)11/h4,10H,1-3H3. The van der Waals surface area contributed by atoms with Crippen molar-refractivity contribution in [3.63, 3.8) is 0 Å². The van der Waals surface area contributed by atoms with Gasteiger partial charge in [0.1, 0.15) is 0 Å². The van der Waals surface area contributed by atoms with Gasteiger partial charge in [0.2, 0.25) is 0 Å². The smallest absolute Gasteiger partial charge is 0.184 e. The van der Waals surface area contributed by atoms with Crippen LogP contribution in [0.15, 0.2) is 22.8 Å². The molecular formula is C9H11NO. The van der Waals surface area contributed by atoms with Gasteiger partial charge in [-0.3, -0.25) is 4.79 Å². The lowest BCUT2D eigenvalue weighted by Crippen LogP contribution is -2.14. The van der Waals surface area contributed by atoms with Crippen LogP contribution in [0.5, 0.6) is 0 Å². The van der Waals surface area contributed by atoms with Gasteiger partial charge in [-0.05, 0) is 38.0 Å². The predicted octanol–water partition coefficient (Wildman–Crippen LogP) is 1.87. The molecule has 0 aliphatic heterocycles. The lowest BCUT2D eigenvalue weighted by atomic mass is 9.92. The maximum absolute atomic E-state index is 11.3. The highest BCUT2D eigenvalue weighted by molar-refractivity contribution is 6.22. The van der Waals surface area contributed by atoms with E-state index in [0.29, 0.717) is 16.9 Å². The number of nitrogens with one attached hydrogen (secondary N) is 1. The van der Waals surface area contributed by atoms with Gasteiger partial charge in [-0.15, -0.1) is 0 Å². The van der Waals surface area contributed by atoms with Gasteiger partial charge in [-0.2, -0.15) is 0 Å². The molecular weight excluding hydrogens is 138 g/mol. The summed E-state index contributed by atoms with van der Waals surface area (Å²) < 4.78 is 0. The maximum Gasteiger partial charge on any atom is 0.184 e. The summed E-state index contributed by atoms with van der Waals surface area (Å²) in [5.74, 6) is 0.0681. The summed E-state index contributed by atoms with van der Waals surface area (Å²) in [5.41, 5.74) is 2.62. The van der Waals surface area contributed by atoms with Gasteiger partial charge in [0.15, 0.2) is 5.78 Å². The number of carbonyl (C=O) groups is 1. The minimum atomic E-state index is 0.0681. The van der Waals surface area contributed by atoms with Gasteiger partial charge < -0.3 is 5.41 Å². The van der Waals surface area contributed by atoms with Crippen LogP contribution in [0, 0.1) is 5.41 Å². The topological polar surface area (TPSA) is 40.9 Å². The largest absolute Gasteiger partial charge is 0.301 e. The Bertz CT molecular complexity index is 295. The summed E-state index contributed by atoms with van der Waals surface area (Å²) in [5, 5.41) is 7.46. The molecule has 0 fully saturated rings. The summed E-state index contributed by atoms with van der Waals surface area (Å²) in [6.07, 6.45) is 1.62. The average molecular weight is 149 g/mol. The van der Waals surface area contributed by atoms with Crippen LogP contribution in [0.3, 0.4) is 0 Å². The minimum absolute atomic E-state index is 0.0681. The molecule has 1 aliphatic rings. The fourth-order valence-corrected chi connectivity index (χ4v) is 1.06. The van der Waals surface area contributed by atoms with Crippen molar-refractivity contribution in [3.8, 4) is 0 Å². The fourth-order valence-electron chi connectivity index (χ4n) is 1.06. The molecule has 1 aliphatic carbocycles. The maximum atomic E-state index is 11.3. The molecule has 0 bridgehead atoms. The molecule has 11 heavy (non-hydrogen) atoms. The van der Waals surface area contributed by atoms with Crippen molar-refractivity contribution >= 4 is 11.5 Å². The summed E-state index contributed by atoms with van der Waals surface area (Å²) in [6.45, 7) is 5.31. The molecule has 0 radical (unpaired) electrons. The summed E-state index contributed by atoms with van der Waals surface area (Å²) in [6, 6.07) is 0. The van der Waals surface area contributed by atoms with E-state index >= 15 is 0 Å². The monoisotopic (exact) mass is 149 g/mol. The first-order valence-corrected chi connectivity index (χ1v) is 3.53. The Labute approximate surface area is 66.1 Å². The quantitative estimate of drug-likeness (QED) is 0.525. The van der Waals surface area contributed by atoms with E-state index in [-0.39, 0.29) is 5.78 Å². The van der Waals surface area contributed by atoms with E-state index in [9.17, 15) is 4.79 Å². The van der Waals surface area contributed by atoms with Crippen LogP contribution in [0.1, 0.15) is 20.8 Å². The highest BCUT2D eigenvalue weighted by Gasteiger charge is 2.17. The minimum Gasteiger partial charge on any atom is -0.301 e. The Hall–Kier alpha value is -1.18. The number of ketones is 1. The van der Waals surface area contributed by atoms with Crippen molar-refractivity contribution in [2.75, 3.05) is 0 Å². The number of allylic oxidation sites excluding steroid dienone is 4. The first-order valence-electron chi connectivity index (χ1n) is 3.53. The second kappa shape index (κ2) is 2.46. The molecule has 1 rings (SSSR count). The van der Waals surface area contributed by atoms with E-state index in [4.69, 9.17) is 5.41 Å². The third kappa shape index (κ3) is 1.16. The zero-order valence-electron chi connectivity index (χ0n) is 6.99. The van der Waals surface area contributed by atoms with Crippen LogP contribution < -0.4 is 0 Å². The van der Waals surface area contributed by atoms with E-state index in [2.05, 4.69) is 0 Å². The van der Waals surface area contributed by atoms with Gasteiger partial charge in [-0.25, -0.2) is 0 Å². The molecule has 0 saturated heterocycles. The molecule has 0 saturated carbocycles. The molecule has 2 heteroatoms. The molecule has 0 amide bonds. The van der Waals surface area contributed by atoms with Crippen molar-refractivity contribution in [2.24, 2.45) is 0 Å². The lowest BCUT2D eigenvalue weighted by molar-refractivity contribution is -0.112. The van der Waals surface area contributed by atoms with Crippen molar-refractivity contribution in [2.45, 2.75) is 20.8 Å². The Morgan fingerprint density at radius 3 is 2.27 bits per heavy atom. The Morgan fingerprint density at radius 2 is 1.73 bits per heavy atom. The third-order valence-electron chi connectivity index (χ3n) is 2.03. The van der Waals surface area contributed by atoms with Crippen molar-refractivity contribution in [1.29, 1.82) is 5.41 Å². The van der Waals surface area contributed by atoms with Gasteiger partial charge in [0.25, 0.3) is 0 Å². The molecule has 0 heterocycles. The van der Waals surface area contributed by atoms with Gasteiger partial charge in [0.05, 0.1) is 5.71 Å². The second-order valence-corrected chi connectivity index (χ2v) is 2.82. The normalized spacial score (nSPS) is 19.0. The lowest BCUT2D eigenvalue weighted by Gasteiger charge is -2.12. The van der Waals surface area contributed by atoms with E-state index in [1.165, 1.54) is 0 Å². The Morgan fingerprint density at radius 1 is 1.18 bits per heavy atom. The molecule has 2 nitrogen and oxygen atoms in total. The number of hydrogen-bond acceptors (Lipinski definition) is 2. The van der Waals surface area contributed by atoms with Crippen molar-refractivity contribution in [1.82, 2.24) is 0 Å². The molecule has 0 unspecified atom stereocenters. The molecule has 58 valence electrons. The molecule has 0 aromatic heterocycles. The van der Waals surface area contributed by atoms with E-state index < -0.39 is 0 Å². The van der Waals surface area contributed by atoms with Crippen molar-refractivity contribution < 1.29 is 4.79 Å². The zero-order chi connectivity index (χ0) is 8.59. The molecule has 1 N–H and O–H groups in total. The summed E-state index contributed by atoms with van der Waals surface area (Å²) in [7, 11) is 0. The highest BCUT2D eigenvalue weighted by atomic mass is 16.1. The van der Waals surface area contributed by atoms with Crippen LogP contribution in [-0.2, 0) is 4.79 Å². The SMILES string of the molecule is CC1=CC(=N)C(C)=C(C)C1=O. The van der Waals surface area contributed by atoms with Crippen LogP contribution in [-0.4, -0.2) is 11.5 Å². The number of Topliss-reactive ketones (excluding diaryl/α,β-unsaturated/α-hetero) is 1. The summed E-state index contributed by atoms with van der Waals surface area (Å²) in [4.78, 5) is 11.3. The fraction of sp³-hybridized carbons (Fsp3) is 0.333. The third-order valence-corrected chi connectivity index (χ3v) is 2.03. The molecule has 0 aromatic carbocycles. The number of carbonyl (C=O) groups excluding carboxylic acids is 1. The van der Waals surface area contributed by atoms with Crippen LogP contribution in [0.25, 0.3) is 0 Å². The Balaban J connectivity index is 3.19. The summed E-state index contributed by atoms with van der Waals surface area (Å²) >= 11 is 0. The van der Waals surface area contributed by atoms with E-state index in [0.717, 1.165) is 5.57 Å². The van der Waals surface area contributed by atoms with E-state index in [1.54, 1.807) is 26.8 Å². The van der Waals surface area contributed by atoms with E-state index in [1.807, 2.05) is 0 Å². The van der Waals surface area contributed by atoms with Gasteiger partial charge in [0, 0.05) is 5.57 Å². The highest BCUT2D eigenvalue weighted by Crippen LogP contribution is 2.17. The molecule has 0 spiro atoms. The number of hydrogen-bond donors (Lipinski definition) is 1. The Kier molecular flexibility index (Phi) is 1.77. The van der Waals surface area contributed by atoms with Crippen LogP contribution in [0.2, 0.25) is 0 Å². The second-order valence-electron chi connectivity index (χ2n) is 2.82. The zero-order valence-corrected chi connectivity index (χ0v) is 6.99. The molecule has 0 aromatic rings. The first-order chi connectivity index (χ1) is 5.04. The average Bonchev–Trinajstić information content (AvgIpc) is 1.97. The molecule has 0 atom stereocenters. The van der Waals surface area contributed by atoms with Gasteiger partial charge in [-0.1, -0.05) is 0 Å². The van der Waals surface area contributed by atoms with Crippen LogP contribution in [0.4, 0.5) is 0 Å². The predicted molar refractivity (Wildman–Crippen MR) is 44.9 cm³/mol. The first kappa shape index (κ1) is 7.92. The van der Waals surface area contributed by atoms with Crippen molar-refractivity contribution in [3.05, 3.63) is 22.8 Å². The van der Waals surface area contributed by atoms with Gasteiger partial charge >= 0.3 is 0 Å². The number of rotatable bonds is 0.